The van der Waals surface area contributed by atoms with Crippen LogP contribution in [0.4, 0.5) is 0 Å². The van der Waals surface area contributed by atoms with Crippen molar-refractivity contribution >= 4 is 0 Å². The third-order valence-corrected chi connectivity index (χ3v) is 1.98. The minimum Gasteiger partial charge on any atom is -0.326 e. The van der Waals surface area contributed by atoms with Gasteiger partial charge in [-0.3, -0.25) is 0 Å². The molecule has 0 aliphatic rings. The fourth-order valence-electron chi connectivity index (χ4n) is 1.26. The SMILES string of the molecule is CC[CH]NCc1ccccc1CN. The maximum Gasteiger partial charge on any atom is 0.0221 e. The number of hydrogen-bond donors (Lipinski definition) is 2. The molecule has 0 atom stereocenters. The maximum absolute atomic E-state index is 5.62. The van der Waals surface area contributed by atoms with E-state index >= 15 is 0 Å². The summed E-state index contributed by atoms with van der Waals surface area (Å²) < 4.78 is 0. The molecular weight excluding hydrogens is 160 g/mol. The van der Waals surface area contributed by atoms with Crippen molar-refractivity contribution in [2.24, 2.45) is 5.73 Å². The summed E-state index contributed by atoms with van der Waals surface area (Å²) in [6.45, 7) is 5.67. The molecule has 71 valence electrons. The smallest absolute Gasteiger partial charge is 0.0221 e. The van der Waals surface area contributed by atoms with E-state index < -0.39 is 0 Å². The molecule has 1 aromatic rings. The third-order valence-electron chi connectivity index (χ3n) is 1.98. The molecule has 0 spiro atoms. The van der Waals surface area contributed by atoms with Crippen LogP contribution in [0.5, 0.6) is 0 Å². The highest BCUT2D eigenvalue weighted by atomic mass is 14.8. The first-order valence-corrected chi connectivity index (χ1v) is 4.70. The molecule has 1 rings (SSSR count). The second kappa shape index (κ2) is 5.73. The van der Waals surface area contributed by atoms with Gasteiger partial charge in [-0.25, -0.2) is 0 Å². The van der Waals surface area contributed by atoms with E-state index in [1.165, 1.54) is 11.1 Å². The van der Waals surface area contributed by atoms with Crippen molar-refractivity contribution in [3.8, 4) is 0 Å². The van der Waals surface area contributed by atoms with E-state index in [2.05, 4.69) is 30.9 Å². The monoisotopic (exact) mass is 177 g/mol. The molecule has 3 N–H and O–H groups in total. The van der Waals surface area contributed by atoms with Gasteiger partial charge in [0.2, 0.25) is 0 Å². The number of rotatable bonds is 5. The number of nitrogens with two attached hydrogens (primary N) is 1. The van der Waals surface area contributed by atoms with Crippen molar-refractivity contribution < 1.29 is 0 Å². The average Bonchev–Trinajstić information content (AvgIpc) is 2.19. The van der Waals surface area contributed by atoms with E-state index in [-0.39, 0.29) is 0 Å². The second-order valence-electron chi connectivity index (χ2n) is 2.97. The van der Waals surface area contributed by atoms with Gasteiger partial charge in [0.15, 0.2) is 0 Å². The van der Waals surface area contributed by atoms with Crippen molar-refractivity contribution in [2.45, 2.75) is 26.4 Å². The Morgan fingerprint density at radius 1 is 1.31 bits per heavy atom. The van der Waals surface area contributed by atoms with E-state index in [1.807, 2.05) is 12.1 Å². The van der Waals surface area contributed by atoms with Gasteiger partial charge in [0.05, 0.1) is 0 Å². The Labute approximate surface area is 80.1 Å². The van der Waals surface area contributed by atoms with Gasteiger partial charge in [-0.05, 0) is 17.5 Å². The number of hydrogen-bond acceptors (Lipinski definition) is 2. The minimum absolute atomic E-state index is 0.615. The lowest BCUT2D eigenvalue weighted by molar-refractivity contribution is 0.755. The molecule has 0 bridgehead atoms. The minimum atomic E-state index is 0.615. The second-order valence-corrected chi connectivity index (χ2v) is 2.97. The van der Waals surface area contributed by atoms with Gasteiger partial charge in [-0.1, -0.05) is 31.2 Å². The average molecular weight is 177 g/mol. The summed E-state index contributed by atoms with van der Waals surface area (Å²) in [6.07, 6.45) is 1.05. The van der Waals surface area contributed by atoms with Crippen LogP contribution in [0.1, 0.15) is 24.5 Å². The van der Waals surface area contributed by atoms with Gasteiger partial charge in [0.1, 0.15) is 0 Å². The lowest BCUT2D eigenvalue weighted by atomic mass is 10.1. The summed E-state index contributed by atoms with van der Waals surface area (Å²) >= 11 is 0. The molecule has 0 heterocycles. The highest BCUT2D eigenvalue weighted by Gasteiger charge is 1.97. The Bertz CT molecular complexity index is 246. The molecule has 1 aromatic carbocycles. The summed E-state index contributed by atoms with van der Waals surface area (Å²) in [4.78, 5) is 0. The summed E-state index contributed by atoms with van der Waals surface area (Å²) in [5.41, 5.74) is 8.13. The number of benzene rings is 1. The Kier molecular flexibility index (Phi) is 4.50. The highest BCUT2D eigenvalue weighted by molar-refractivity contribution is 5.26. The first kappa shape index (κ1) is 10.2. The Balaban J connectivity index is 2.54. The van der Waals surface area contributed by atoms with Gasteiger partial charge < -0.3 is 11.1 Å². The molecule has 0 unspecified atom stereocenters. The normalized spacial score (nSPS) is 10.3. The van der Waals surface area contributed by atoms with Crippen LogP contribution < -0.4 is 11.1 Å². The molecule has 2 heteroatoms. The van der Waals surface area contributed by atoms with Gasteiger partial charge in [0.25, 0.3) is 0 Å². The van der Waals surface area contributed by atoms with Crippen LogP contribution >= 0.6 is 0 Å². The Morgan fingerprint density at radius 2 is 2.00 bits per heavy atom. The summed E-state index contributed by atoms with van der Waals surface area (Å²) in [5.74, 6) is 0. The van der Waals surface area contributed by atoms with Gasteiger partial charge in [-0.15, -0.1) is 0 Å². The summed E-state index contributed by atoms with van der Waals surface area (Å²) in [5, 5.41) is 3.25. The molecule has 0 saturated heterocycles. The van der Waals surface area contributed by atoms with Gasteiger partial charge in [0, 0.05) is 19.6 Å². The molecular formula is C11H17N2. The predicted molar refractivity (Wildman–Crippen MR) is 55.8 cm³/mol. The van der Waals surface area contributed by atoms with Crippen molar-refractivity contribution in [2.75, 3.05) is 0 Å². The summed E-state index contributed by atoms with van der Waals surface area (Å²) in [7, 11) is 0. The topological polar surface area (TPSA) is 38.0 Å². The lowest BCUT2D eigenvalue weighted by Crippen LogP contribution is -2.11. The van der Waals surface area contributed by atoms with Crippen molar-refractivity contribution in [3.63, 3.8) is 0 Å². The Hall–Kier alpha value is -0.860. The van der Waals surface area contributed by atoms with Crippen LogP contribution in [0, 0.1) is 6.54 Å². The van der Waals surface area contributed by atoms with Crippen LogP contribution in [0.15, 0.2) is 24.3 Å². The predicted octanol–water partition coefficient (Wildman–Crippen LogP) is 1.81. The maximum atomic E-state index is 5.62. The zero-order valence-corrected chi connectivity index (χ0v) is 8.09. The molecule has 0 aliphatic heterocycles. The van der Waals surface area contributed by atoms with Crippen LogP contribution in [0.25, 0.3) is 0 Å². The van der Waals surface area contributed by atoms with Crippen molar-refractivity contribution in [1.29, 1.82) is 0 Å². The Morgan fingerprint density at radius 3 is 2.62 bits per heavy atom. The molecule has 0 amide bonds. The highest BCUT2D eigenvalue weighted by Crippen LogP contribution is 2.07. The number of nitrogens with one attached hydrogen (secondary N) is 1. The third kappa shape index (κ3) is 3.17. The van der Waals surface area contributed by atoms with Crippen molar-refractivity contribution in [1.82, 2.24) is 5.32 Å². The molecule has 0 aliphatic carbocycles. The lowest BCUT2D eigenvalue weighted by Gasteiger charge is -2.07. The van der Waals surface area contributed by atoms with Crippen LogP contribution in [0.2, 0.25) is 0 Å². The quantitative estimate of drug-likeness (QED) is 0.673. The summed E-state index contributed by atoms with van der Waals surface area (Å²) in [6, 6.07) is 8.25. The van der Waals surface area contributed by atoms with Gasteiger partial charge in [-0.2, -0.15) is 0 Å². The molecule has 0 saturated carbocycles. The molecule has 0 fully saturated rings. The fraction of sp³-hybridized carbons (Fsp3) is 0.364. The molecule has 1 radical (unpaired) electrons. The molecule has 13 heavy (non-hydrogen) atoms. The van der Waals surface area contributed by atoms with Gasteiger partial charge >= 0.3 is 0 Å². The first-order chi connectivity index (χ1) is 6.38. The fourth-order valence-corrected chi connectivity index (χ4v) is 1.26. The van der Waals surface area contributed by atoms with Crippen LogP contribution in [-0.4, -0.2) is 0 Å². The zero-order valence-electron chi connectivity index (χ0n) is 8.09. The standard InChI is InChI=1S/C11H17N2/c1-2-7-13-9-11-6-4-3-5-10(11)8-12/h3-7,13H,2,8-9,12H2,1H3. The van der Waals surface area contributed by atoms with Crippen molar-refractivity contribution in [3.05, 3.63) is 41.9 Å². The van der Waals surface area contributed by atoms with Crippen LogP contribution in [-0.2, 0) is 13.1 Å². The first-order valence-electron chi connectivity index (χ1n) is 4.70. The molecule has 2 nitrogen and oxygen atoms in total. The van der Waals surface area contributed by atoms with E-state index in [4.69, 9.17) is 5.73 Å². The largest absolute Gasteiger partial charge is 0.326 e. The van der Waals surface area contributed by atoms with E-state index in [0.29, 0.717) is 6.54 Å². The molecule has 0 aromatic heterocycles. The zero-order chi connectivity index (χ0) is 9.52. The van der Waals surface area contributed by atoms with E-state index in [1.54, 1.807) is 0 Å². The van der Waals surface area contributed by atoms with E-state index in [0.717, 1.165) is 13.0 Å². The van der Waals surface area contributed by atoms with E-state index in [9.17, 15) is 0 Å². The van der Waals surface area contributed by atoms with Crippen LogP contribution in [0.3, 0.4) is 0 Å².